The number of hydrogen-bond acceptors (Lipinski definition) is 3. The van der Waals surface area contributed by atoms with Crippen LogP contribution in [0.1, 0.15) is 48.0 Å². The fourth-order valence-corrected chi connectivity index (χ4v) is 3.83. The molecule has 4 heteroatoms. The second kappa shape index (κ2) is 5.57. The molecule has 3 rings (SSSR count). The summed E-state index contributed by atoms with van der Waals surface area (Å²) < 4.78 is 13.9. The quantitative estimate of drug-likeness (QED) is 0.784. The molecule has 0 radical (unpaired) electrons. The number of ketones is 1. The van der Waals surface area contributed by atoms with Gasteiger partial charge in [-0.1, -0.05) is 6.42 Å². The van der Waals surface area contributed by atoms with E-state index in [1.807, 2.05) is 6.07 Å². The zero-order valence-electron chi connectivity index (χ0n) is 12.2. The molecule has 2 aliphatic rings. The molecule has 2 bridgehead atoms. The molecule has 3 nitrogen and oxygen atoms in total. The molecular weight excluding hydrogens is 267 g/mol. The van der Waals surface area contributed by atoms with Crippen LogP contribution in [0.5, 0.6) is 0 Å². The third-order valence-corrected chi connectivity index (χ3v) is 5.07. The van der Waals surface area contributed by atoms with Crippen molar-refractivity contribution in [2.75, 3.05) is 7.05 Å². The summed E-state index contributed by atoms with van der Waals surface area (Å²) in [7, 11) is 2.13. The number of carbonyl (C=O) groups excluding carboxylic acids is 1. The highest BCUT2D eigenvalue weighted by Crippen LogP contribution is 2.37. The summed E-state index contributed by atoms with van der Waals surface area (Å²) in [5, 5.41) is 8.92. The summed E-state index contributed by atoms with van der Waals surface area (Å²) in [6, 6.07) is 6.88. The van der Waals surface area contributed by atoms with Crippen LogP contribution in [0.4, 0.5) is 4.39 Å². The van der Waals surface area contributed by atoms with E-state index in [4.69, 9.17) is 5.26 Å². The molecule has 110 valence electrons. The van der Waals surface area contributed by atoms with Gasteiger partial charge in [0, 0.05) is 18.0 Å². The van der Waals surface area contributed by atoms with E-state index in [9.17, 15) is 9.18 Å². The number of piperidine rings is 2. The highest BCUT2D eigenvalue weighted by molar-refractivity contribution is 5.98. The Morgan fingerprint density at radius 1 is 1.33 bits per heavy atom. The number of benzene rings is 1. The lowest BCUT2D eigenvalue weighted by molar-refractivity contribution is 0.0337. The summed E-state index contributed by atoms with van der Waals surface area (Å²) in [6.07, 6.45) is 5.08. The normalized spacial score (nSPS) is 28.9. The minimum absolute atomic E-state index is 0.0849. The first-order chi connectivity index (χ1) is 10.1. The van der Waals surface area contributed by atoms with Gasteiger partial charge in [-0.15, -0.1) is 0 Å². The molecule has 2 heterocycles. The van der Waals surface area contributed by atoms with Crippen LogP contribution in [0, 0.1) is 23.1 Å². The molecule has 2 atom stereocenters. The number of nitrogens with zero attached hydrogens (tertiary/aromatic N) is 2. The minimum Gasteiger partial charge on any atom is -0.300 e. The van der Waals surface area contributed by atoms with Gasteiger partial charge in [0.25, 0.3) is 0 Å². The van der Waals surface area contributed by atoms with Crippen LogP contribution in [0.25, 0.3) is 0 Å². The third kappa shape index (κ3) is 2.58. The minimum atomic E-state index is -0.511. The summed E-state index contributed by atoms with van der Waals surface area (Å²) in [5.74, 6) is -0.752. The Labute approximate surface area is 124 Å². The van der Waals surface area contributed by atoms with Gasteiger partial charge in [0.1, 0.15) is 5.82 Å². The van der Waals surface area contributed by atoms with Crippen LogP contribution >= 0.6 is 0 Å². The Kier molecular flexibility index (Phi) is 3.77. The average Bonchev–Trinajstić information content (AvgIpc) is 2.47. The van der Waals surface area contributed by atoms with Crippen LogP contribution in [-0.2, 0) is 0 Å². The van der Waals surface area contributed by atoms with Gasteiger partial charge in [-0.25, -0.2) is 4.39 Å². The number of fused-ring (bicyclic) bond motifs is 2. The SMILES string of the molecule is CN1C2CCCC1CC(C(=O)c1cc(C#N)ccc1F)C2. The van der Waals surface area contributed by atoms with E-state index >= 15 is 0 Å². The van der Waals surface area contributed by atoms with E-state index in [1.54, 1.807) is 0 Å². The fraction of sp³-hybridized carbons (Fsp3) is 0.529. The highest BCUT2D eigenvalue weighted by Gasteiger charge is 2.39. The molecule has 0 amide bonds. The maximum absolute atomic E-state index is 13.9. The first-order valence-electron chi connectivity index (χ1n) is 7.56. The van der Waals surface area contributed by atoms with Crippen molar-refractivity contribution < 1.29 is 9.18 Å². The van der Waals surface area contributed by atoms with Gasteiger partial charge in [0.15, 0.2) is 5.78 Å². The Balaban J connectivity index is 1.85. The molecule has 1 aromatic carbocycles. The number of hydrogen-bond donors (Lipinski definition) is 0. The van der Waals surface area contributed by atoms with Crippen molar-refractivity contribution in [3.63, 3.8) is 0 Å². The molecule has 2 unspecified atom stereocenters. The van der Waals surface area contributed by atoms with Gasteiger partial charge in [0.05, 0.1) is 17.2 Å². The van der Waals surface area contributed by atoms with Crippen LogP contribution < -0.4 is 0 Å². The van der Waals surface area contributed by atoms with Crippen LogP contribution in [-0.4, -0.2) is 29.8 Å². The van der Waals surface area contributed by atoms with Gasteiger partial charge < -0.3 is 4.90 Å². The summed E-state index contributed by atoms with van der Waals surface area (Å²) in [5.41, 5.74) is 0.426. The number of nitriles is 1. The molecule has 2 aliphatic heterocycles. The Morgan fingerprint density at radius 3 is 2.62 bits per heavy atom. The summed E-state index contributed by atoms with van der Waals surface area (Å²) in [6.45, 7) is 0. The first kappa shape index (κ1) is 14.2. The lowest BCUT2D eigenvalue weighted by atomic mass is 9.76. The van der Waals surface area contributed by atoms with E-state index in [0.29, 0.717) is 17.6 Å². The molecule has 0 saturated carbocycles. The van der Waals surface area contributed by atoms with Crippen molar-refractivity contribution in [3.8, 4) is 6.07 Å². The molecule has 1 aromatic rings. The zero-order valence-corrected chi connectivity index (χ0v) is 12.2. The second-order valence-corrected chi connectivity index (χ2v) is 6.24. The van der Waals surface area contributed by atoms with Crippen molar-refractivity contribution in [2.45, 2.75) is 44.2 Å². The number of rotatable bonds is 2. The maximum atomic E-state index is 13.9. The van der Waals surface area contributed by atoms with Crippen molar-refractivity contribution >= 4 is 5.78 Å². The summed E-state index contributed by atoms with van der Waals surface area (Å²) in [4.78, 5) is 15.0. The number of Topliss-reactive ketones (excluding diaryl/α,β-unsaturated/α-hetero) is 1. The molecule has 21 heavy (non-hydrogen) atoms. The molecule has 0 N–H and O–H groups in total. The Hall–Kier alpha value is -1.73. The third-order valence-electron chi connectivity index (χ3n) is 5.07. The van der Waals surface area contributed by atoms with E-state index in [2.05, 4.69) is 11.9 Å². The molecule has 0 aliphatic carbocycles. The van der Waals surface area contributed by atoms with Crippen LogP contribution in [0.3, 0.4) is 0 Å². The fourth-order valence-electron chi connectivity index (χ4n) is 3.83. The molecule has 0 aromatic heterocycles. The van der Waals surface area contributed by atoms with Gasteiger partial charge in [-0.3, -0.25) is 4.79 Å². The standard InChI is InChI=1S/C17H19FN2O/c1-20-13-3-2-4-14(20)9-12(8-13)17(21)15-7-11(10-19)5-6-16(15)18/h5-7,12-14H,2-4,8-9H2,1H3. The second-order valence-electron chi connectivity index (χ2n) is 6.24. The van der Waals surface area contributed by atoms with Gasteiger partial charge in [0.2, 0.25) is 0 Å². The Bertz CT molecular complexity index is 593. The molecule has 2 fully saturated rings. The van der Waals surface area contributed by atoms with Gasteiger partial charge in [-0.05, 0) is 50.9 Å². The van der Waals surface area contributed by atoms with E-state index < -0.39 is 5.82 Å². The largest absolute Gasteiger partial charge is 0.300 e. The summed E-state index contributed by atoms with van der Waals surface area (Å²) >= 11 is 0. The lowest BCUT2D eigenvalue weighted by Crippen LogP contribution is -2.51. The molecule has 0 spiro atoms. The predicted molar refractivity (Wildman–Crippen MR) is 77.4 cm³/mol. The van der Waals surface area contributed by atoms with Crippen molar-refractivity contribution in [1.29, 1.82) is 5.26 Å². The maximum Gasteiger partial charge on any atom is 0.169 e. The number of halogens is 1. The zero-order chi connectivity index (χ0) is 15.0. The predicted octanol–water partition coefficient (Wildman–Crippen LogP) is 3.14. The first-order valence-corrected chi connectivity index (χ1v) is 7.56. The Morgan fingerprint density at radius 2 is 2.00 bits per heavy atom. The van der Waals surface area contributed by atoms with Crippen LogP contribution in [0.2, 0.25) is 0 Å². The smallest absolute Gasteiger partial charge is 0.169 e. The lowest BCUT2D eigenvalue weighted by Gasteiger charge is -2.46. The van der Waals surface area contributed by atoms with E-state index in [-0.39, 0.29) is 17.3 Å². The van der Waals surface area contributed by atoms with Crippen molar-refractivity contribution in [2.24, 2.45) is 5.92 Å². The van der Waals surface area contributed by atoms with Gasteiger partial charge >= 0.3 is 0 Å². The van der Waals surface area contributed by atoms with E-state index in [0.717, 1.165) is 25.7 Å². The highest BCUT2D eigenvalue weighted by atomic mass is 19.1. The topological polar surface area (TPSA) is 44.1 Å². The molecular formula is C17H19FN2O. The van der Waals surface area contributed by atoms with Crippen molar-refractivity contribution in [3.05, 3.63) is 35.1 Å². The van der Waals surface area contributed by atoms with Gasteiger partial charge in [-0.2, -0.15) is 5.26 Å². The molecule has 2 saturated heterocycles. The van der Waals surface area contributed by atoms with E-state index in [1.165, 1.54) is 24.6 Å². The monoisotopic (exact) mass is 286 g/mol. The van der Waals surface area contributed by atoms with Crippen molar-refractivity contribution in [1.82, 2.24) is 4.90 Å². The van der Waals surface area contributed by atoms with Crippen LogP contribution in [0.15, 0.2) is 18.2 Å². The average molecular weight is 286 g/mol. The number of carbonyl (C=O) groups is 1.